The van der Waals surface area contributed by atoms with Crippen molar-refractivity contribution >= 4 is 22.8 Å². The van der Waals surface area contributed by atoms with Gasteiger partial charge in [0.1, 0.15) is 0 Å². The van der Waals surface area contributed by atoms with E-state index < -0.39 is 0 Å². The molecular weight excluding hydrogens is 362 g/mol. The Labute approximate surface area is 170 Å². The first-order valence-corrected chi connectivity index (χ1v) is 9.95. The summed E-state index contributed by atoms with van der Waals surface area (Å²) in [6.07, 6.45) is 5.98. The molecule has 0 atom stereocenters. The molecular formula is C24H25N3O2. The predicted molar refractivity (Wildman–Crippen MR) is 117 cm³/mol. The van der Waals surface area contributed by atoms with Crippen molar-refractivity contribution in [1.82, 2.24) is 14.4 Å². The van der Waals surface area contributed by atoms with Gasteiger partial charge in [-0.2, -0.15) is 0 Å². The van der Waals surface area contributed by atoms with Crippen LogP contribution < -0.4 is 5.56 Å². The van der Waals surface area contributed by atoms with Crippen LogP contribution >= 0.6 is 0 Å². The second-order valence-corrected chi connectivity index (χ2v) is 7.41. The van der Waals surface area contributed by atoms with Gasteiger partial charge >= 0.3 is 0 Å². The molecule has 0 saturated carbocycles. The molecule has 29 heavy (non-hydrogen) atoms. The zero-order chi connectivity index (χ0) is 20.2. The Morgan fingerprint density at radius 1 is 0.931 bits per heavy atom. The average Bonchev–Trinajstić information content (AvgIpc) is 2.77. The molecule has 2 heterocycles. The Kier molecular flexibility index (Phi) is 5.58. The van der Waals surface area contributed by atoms with E-state index in [0.29, 0.717) is 24.0 Å². The Hall–Kier alpha value is -3.18. The third-order valence-corrected chi connectivity index (χ3v) is 5.45. The number of aromatic nitrogens is 1. The molecule has 1 aromatic heterocycles. The van der Waals surface area contributed by atoms with Crippen molar-refractivity contribution < 1.29 is 4.79 Å². The fraction of sp³-hybridized carbons (Fsp3) is 0.250. The molecule has 0 unspecified atom stereocenters. The average molecular weight is 387 g/mol. The van der Waals surface area contributed by atoms with Crippen molar-refractivity contribution in [3.8, 4) is 0 Å². The number of hydrogen-bond donors (Lipinski definition) is 0. The van der Waals surface area contributed by atoms with E-state index in [-0.39, 0.29) is 11.5 Å². The lowest BCUT2D eigenvalue weighted by Crippen LogP contribution is -2.48. The van der Waals surface area contributed by atoms with Gasteiger partial charge in [0.05, 0.1) is 5.56 Å². The van der Waals surface area contributed by atoms with Crippen LogP contribution in [-0.2, 0) is 7.05 Å². The molecule has 1 amide bonds. The van der Waals surface area contributed by atoms with Crippen molar-refractivity contribution in [2.75, 3.05) is 32.7 Å². The fourth-order valence-corrected chi connectivity index (χ4v) is 3.79. The summed E-state index contributed by atoms with van der Waals surface area (Å²) in [6, 6.07) is 17.6. The summed E-state index contributed by atoms with van der Waals surface area (Å²) in [5.41, 5.74) is 1.72. The maximum Gasteiger partial charge on any atom is 0.258 e. The highest BCUT2D eigenvalue weighted by molar-refractivity contribution is 6.06. The zero-order valence-electron chi connectivity index (χ0n) is 16.6. The lowest BCUT2D eigenvalue weighted by molar-refractivity contribution is 0.0651. The summed E-state index contributed by atoms with van der Waals surface area (Å²) in [4.78, 5) is 29.8. The van der Waals surface area contributed by atoms with Crippen LogP contribution in [0.4, 0.5) is 0 Å². The highest BCUT2D eigenvalue weighted by Gasteiger charge is 2.23. The molecule has 5 heteroatoms. The van der Waals surface area contributed by atoms with Crippen LogP contribution in [0.3, 0.4) is 0 Å². The van der Waals surface area contributed by atoms with Crippen molar-refractivity contribution in [2.24, 2.45) is 7.05 Å². The molecule has 0 aliphatic carbocycles. The van der Waals surface area contributed by atoms with Gasteiger partial charge in [-0.15, -0.1) is 0 Å². The number of hydrogen-bond acceptors (Lipinski definition) is 3. The highest BCUT2D eigenvalue weighted by Crippen LogP contribution is 2.18. The first-order chi connectivity index (χ1) is 14.1. The van der Waals surface area contributed by atoms with Crippen LogP contribution in [0.15, 0.2) is 71.7 Å². The smallest absolute Gasteiger partial charge is 0.258 e. The van der Waals surface area contributed by atoms with Crippen LogP contribution in [0.5, 0.6) is 0 Å². The first-order valence-electron chi connectivity index (χ1n) is 9.95. The maximum atomic E-state index is 13.2. The summed E-state index contributed by atoms with van der Waals surface area (Å²) in [5, 5.41) is 1.32. The molecule has 2 aromatic carbocycles. The monoisotopic (exact) mass is 387 g/mol. The van der Waals surface area contributed by atoms with E-state index in [4.69, 9.17) is 0 Å². The minimum atomic E-state index is -0.0767. The van der Waals surface area contributed by atoms with E-state index in [0.717, 1.165) is 25.0 Å². The minimum absolute atomic E-state index is 0.00345. The number of fused-ring (bicyclic) bond motifs is 1. The summed E-state index contributed by atoms with van der Waals surface area (Å²) < 4.78 is 1.50. The molecule has 0 radical (unpaired) electrons. The van der Waals surface area contributed by atoms with Gasteiger partial charge < -0.3 is 9.47 Å². The lowest BCUT2D eigenvalue weighted by atomic mass is 10.1. The molecule has 5 nitrogen and oxygen atoms in total. The van der Waals surface area contributed by atoms with Crippen LogP contribution in [0.25, 0.3) is 16.8 Å². The highest BCUT2D eigenvalue weighted by atomic mass is 16.2. The van der Waals surface area contributed by atoms with Gasteiger partial charge in [-0.1, -0.05) is 60.7 Å². The van der Waals surface area contributed by atoms with Crippen LogP contribution in [0.2, 0.25) is 0 Å². The van der Waals surface area contributed by atoms with Crippen molar-refractivity contribution in [3.05, 3.63) is 88.4 Å². The van der Waals surface area contributed by atoms with Gasteiger partial charge in [-0.05, 0) is 11.6 Å². The van der Waals surface area contributed by atoms with Gasteiger partial charge in [-0.3, -0.25) is 14.5 Å². The van der Waals surface area contributed by atoms with Crippen LogP contribution in [-0.4, -0.2) is 53.0 Å². The normalized spacial score (nSPS) is 15.3. The third-order valence-electron chi connectivity index (χ3n) is 5.45. The van der Waals surface area contributed by atoms with Crippen LogP contribution in [0.1, 0.15) is 15.9 Å². The molecule has 3 aromatic rings. The molecule has 148 valence electrons. The van der Waals surface area contributed by atoms with Crippen molar-refractivity contribution in [2.45, 2.75) is 0 Å². The predicted octanol–water partition coefficient (Wildman–Crippen LogP) is 3.01. The molecule has 0 spiro atoms. The topological polar surface area (TPSA) is 45.6 Å². The summed E-state index contributed by atoms with van der Waals surface area (Å²) in [5.74, 6) is -0.00345. The second-order valence-electron chi connectivity index (χ2n) is 7.41. The summed E-state index contributed by atoms with van der Waals surface area (Å²) in [7, 11) is 1.70. The number of carbonyl (C=O) groups excluding carboxylic acids is 1. The molecule has 4 rings (SSSR count). The molecule has 0 bridgehead atoms. The number of amides is 1. The SMILES string of the molecule is Cn1cc(C(=O)N2CCN(CC=Cc3ccccc3)CC2)c2ccccc2c1=O. The molecule has 1 fully saturated rings. The second kappa shape index (κ2) is 8.45. The Balaban J connectivity index is 1.42. The number of rotatable bonds is 4. The lowest BCUT2D eigenvalue weighted by Gasteiger charge is -2.34. The first kappa shape index (κ1) is 19.2. The van der Waals surface area contributed by atoms with E-state index in [1.807, 2.05) is 41.3 Å². The zero-order valence-corrected chi connectivity index (χ0v) is 16.6. The summed E-state index contributed by atoms with van der Waals surface area (Å²) in [6.45, 7) is 3.94. The maximum absolute atomic E-state index is 13.2. The van der Waals surface area contributed by atoms with Gasteiger partial charge in [0.2, 0.25) is 0 Å². The van der Waals surface area contributed by atoms with Crippen molar-refractivity contribution in [1.29, 1.82) is 0 Å². The molecule has 0 N–H and O–H groups in total. The quantitative estimate of drug-likeness (QED) is 0.691. The Bertz CT molecular complexity index is 1090. The van der Waals surface area contributed by atoms with E-state index in [9.17, 15) is 9.59 Å². The Morgan fingerprint density at radius 2 is 1.59 bits per heavy atom. The van der Waals surface area contributed by atoms with Gasteiger partial charge in [0, 0.05) is 56.7 Å². The Morgan fingerprint density at radius 3 is 2.31 bits per heavy atom. The van der Waals surface area contributed by atoms with E-state index in [2.05, 4.69) is 29.2 Å². The van der Waals surface area contributed by atoms with Crippen LogP contribution in [0, 0.1) is 0 Å². The minimum Gasteiger partial charge on any atom is -0.336 e. The standard InChI is InChI=1S/C24H25N3O2/c1-25-18-22(20-11-5-6-12-21(20)23(25)28)24(29)27-16-14-26(15-17-27)13-7-10-19-8-3-2-4-9-19/h2-12,18H,13-17H2,1H3. The number of nitrogens with zero attached hydrogens (tertiary/aromatic N) is 3. The van der Waals surface area contributed by atoms with Crippen molar-refractivity contribution in [3.63, 3.8) is 0 Å². The third kappa shape index (κ3) is 4.15. The number of aryl methyl sites for hydroxylation is 1. The number of benzene rings is 2. The number of piperazine rings is 1. The van der Waals surface area contributed by atoms with Gasteiger partial charge in [0.15, 0.2) is 0 Å². The summed E-state index contributed by atoms with van der Waals surface area (Å²) >= 11 is 0. The molecule has 1 aliphatic rings. The van der Waals surface area contributed by atoms with E-state index in [1.54, 1.807) is 19.3 Å². The van der Waals surface area contributed by atoms with E-state index >= 15 is 0 Å². The molecule has 1 aliphatic heterocycles. The fourth-order valence-electron chi connectivity index (χ4n) is 3.79. The number of pyridine rings is 1. The molecule has 1 saturated heterocycles. The van der Waals surface area contributed by atoms with Gasteiger partial charge in [-0.25, -0.2) is 0 Å². The van der Waals surface area contributed by atoms with E-state index in [1.165, 1.54) is 10.1 Å². The number of carbonyl (C=O) groups is 1. The van der Waals surface area contributed by atoms with Gasteiger partial charge in [0.25, 0.3) is 11.5 Å². The largest absolute Gasteiger partial charge is 0.336 e.